The van der Waals surface area contributed by atoms with Crippen LogP contribution in [0, 0.1) is 0 Å². The van der Waals surface area contributed by atoms with Crippen molar-refractivity contribution in [1.82, 2.24) is 0 Å². The van der Waals surface area contributed by atoms with Gasteiger partial charge in [-0.25, -0.2) is 0 Å². The summed E-state index contributed by atoms with van der Waals surface area (Å²) in [7, 11) is -1.53. The van der Waals surface area contributed by atoms with Gasteiger partial charge in [-0.1, -0.05) is 36.0 Å². The van der Waals surface area contributed by atoms with Crippen molar-refractivity contribution in [3.05, 3.63) is 48.5 Å². The lowest BCUT2D eigenvalue weighted by atomic mass is 10.0. The van der Waals surface area contributed by atoms with Gasteiger partial charge in [0.05, 0.1) is 0 Å². The number of nitrogens with zero attached hydrogens (tertiary/aromatic N) is 1. The molecule has 0 aliphatic carbocycles. The van der Waals surface area contributed by atoms with E-state index >= 15 is 0 Å². The zero-order valence-corrected chi connectivity index (χ0v) is 9.76. The summed E-state index contributed by atoms with van der Waals surface area (Å²) in [4.78, 5) is 3.58. The first-order valence-electron chi connectivity index (χ1n) is 5.28. The van der Waals surface area contributed by atoms with E-state index in [-0.39, 0.29) is 0 Å². The molecule has 2 aromatic carbocycles. The van der Waals surface area contributed by atoms with Crippen LogP contribution >= 0.6 is 11.8 Å². The first kappa shape index (κ1) is 10.7. The molecule has 0 aromatic heterocycles. The van der Waals surface area contributed by atoms with Gasteiger partial charge in [0.1, 0.15) is 0 Å². The molecule has 0 bridgehead atoms. The maximum atomic E-state index is 9.54. The molecule has 5 heteroatoms. The first-order chi connectivity index (χ1) is 8.27. The molecule has 1 aliphatic heterocycles. The smallest absolute Gasteiger partial charge is 0.407 e. The van der Waals surface area contributed by atoms with E-state index < -0.39 is 7.25 Å². The minimum absolute atomic E-state index is 0.825. The maximum Gasteiger partial charge on any atom is 0.592 e. The Morgan fingerprint density at radius 1 is 0.824 bits per heavy atom. The summed E-state index contributed by atoms with van der Waals surface area (Å²) >= 11 is 1.64. The highest BCUT2D eigenvalue weighted by molar-refractivity contribution is 7.99. The quantitative estimate of drug-likeness (QED) is 0.754. The van der Waals surface area contributed by atoms with Crippen molar-refractivity contribution in [2.75, 3.05) is 4.81 Å². The van der Waals surface area contributed by atoms with E-state index in [9.17, 15) is 10.0 Å². The second kappa shape index (κ2) is 4.11. The van der Waals surface area contributed by atoms with Crippen LogP contribution in [0.25, 0.3) is 0 Å². The van der Waals surface area contributed by atoms with E-state index in [4.69, 9.17) is 0 Å². The molecular formula is C12H10BNO2S. The summed E-state index contributed by atoms with van der Waals surface area (Å²) in [5.41, 5.74) is 1.65. The van der Waals surface area contributed by atoms with E-state index in [1.54, 1.807) is 11.8 Å². The van der Waals surface area contributed by atoms with Crippen LogP contribution in [0.4, 0.5) is 11.4 Å². The lowest BCUT2D eigenvalue weighted by Crippen LogP contribution is -2.37. The van der Waals surface area contributed by atoms with Crippen LogP contribution < -0.4 is 4.81 Å². The van der Waals surface area contributed by atoms with Gasteiger partial charge < -0.3 is 14.9 Å². The number of para-hydroxylation sites is 2. The minimum Gasteiger partial charge on any atom is -0.407 e. The van der Waals surface area contributed by atoms with Gasteiger partial charge in [-0.15, -0.1) is 0 Å². The van der Waals surface area contributed by atoms with Crippen molar-refractivity contribution >= 4 is 30.4 Å². The summed E-state index contributed by atoms with van der Waals surface area (Å²) in [6.07, 6.45) is 0. The molecule has 0 radical (unpaired) electrons. The molecule has 17 heavy (non-hydrogen) atoms. The van der Waals surface area contributed by atoms with E-state index in [2.05, 4.69) is 0 Å². The number of benzene rings is 2. The monoisotopic (exact) mass is 243 g/mol. The van der Waals surface area contributed by atoms with E-state index in [0.717, 1.165) is 21.2 Å². The number of hydrogen-bond acceptors (Lipinski definition) is 4. The number of rotatable bonds is 1. The Morgan fingerprint density at radius 3 is 1.76 bits per heavy atom. The van der Waals surface area contributed by atoms with Gasteiger partial charge >= 0.3 is 7.25 Å². The van der Waals surface area contributed by atoms with Gasteiger partial charge in [0.25, 0.3) is 0 Å². The molecule has 0 amide bonds. The number of fused-ring (bicyclic) bond motifs is 2. The van der Waals surface area contributed by atoms with Crippen LogP contribution in [0.1, 0.15) is 0 Å². The Labute approximate surface area is 104 Å². The average molecular weight is 243 g/mol. The fraction of sp³-hybridized carbons (Fsp3) is 0. The Bertz CT molecular complexity index is 516. The SMILES string of the molecule is OB(O)N1c2ccccc2Sc2ccccc21. The molecule has 0 spiro atoms. The molecule has 0 saturated carbocycles. The van der Waals surface area contributed by atoms with E-state index in [1.165, 1.54) is 4.81 Å². The summed E-state index contributed by atoms with van der Waals surface area (Å²) in [6, 6.07) is 15.4. The second-order valence-corrected chi connectivity index (χ2v) is 4.84. The highest BCUT2D eigenvalue weighted by atomic mass is 32.2. The Hall–Kier alpha value is -1.43. The summed E-state index contributed by atoms with van der Waals surface area (Å²) < 4.78 is 0. The van der Waals surface area contributed by atoms with Gasteiger partial charge in [0.2, 0.25) is 0 Å². The number of hydrogen-bond donors (Lipinski definition) is 2. The predicted molar refractivity (Wildman–Crippen MR) is 69.3 cm³/mol. The van der Waals surface area contributed by atoms with Crippen molar-refractivity contribution in [2.24, 2.45) is 0 Å². The Balaban J connectivity index is 2.21. The first-order valence-corrected chi connectivity index (χ1v) is 6.10. The Kier molecular flexibility index (Phi) is 2.59. The van der Waals surface area contributed by atoms with Gasteiger partial charge in [-0.3, -0.25) is 0 Å². The summed E-state index contributed by atoms with van der Waals surface area (Å²) in [6.45, 7) is 0. The topological polar surface area (TPSA) is 43.7 Å². The molecule has 1 aliphatic rings. The third kappa shape index (κ3) is 1.72. The summed E-state index contributed by atoms with van der Waals surface area (Å²) in [5, 5.41) is 19.1. The molecule has 1 heterocycles. The summed E-state index contributed by atoms with van der Waals surface area (Å²) in [5.74, 6) is 0. The van der Waals surface area contributed by atoms with Crippen LogP contribution in [0.2, 0.25) is 0 Å². The molecule has 3 rings (SSSR count). The van der Waals surface area contributed by atoms with E-state index in [0.29, 0.717) is 0 Å². The fourth-order valence-electron chi connectivity index (χ4n) is 1.98. The highest BCUT2D eigenvalue weighted by Gasteiger charge is 2.30. The number of anilines is 2. The lowest BCUT2D eigenvalue weighted by Gasteiger charge is -2.31. The third-order valence-corrected chi connectivity index (χ3v) is 3.83. The van der Waals surface area contributed by atoms with Crippen molar-refractivity contribution < 1.29 is 10.0 Å². The molecule has 0 fully saturated rings. The van der Waals surface area contributed by atoms with Gasteiger partial charge in [0.15, 0.2) is 0 Å². The second-order valence-electron chi connectivity index (χ2n) is 3.75. The molecule has 84 valence electrons. The van der Waals surface area contributed by atoms with E-state index in [1.807, 2.05) is 48.5 Å². The normalized spacial score (nSPS) is 12.9. The highest BCUT2D eigenvalue weighted by Crippen LogP contribution is 2.47. The minimum atomic E-state index is -1.53. The van der Waals surface area contributed by atoms with Gasteiger partial charge in [-0.05, 0) is 24.3 Å². The van der Waals surface area contributed by atoms with Crippen molar-refractivity contribution in [3.8, 4) is 0 Å². The van der Waals surface area contributed by atoms with Crippen LogP contribution in [0.15, 0.2) is 58.3 Å². The zero-order chi connectivity index (χ0) is 11.8. The maximum absolute atomic E-state index is 9.54. The Morgan fingerprint density at radius 2 is 1.29 bits per heavy atom. The van der Waals surface area contributed by atoms with Crippen molar-refractivity contribution in [3.63, 3.8) is 0 Å². The van der Waals surface area contributed by atoms with Crippen molar-refractivity contribution in [2.45, 2.75) is 9.79 Å². The van der Waals surface area contributed by atoms with Crippen LogP contribution in [-0.4, -0.2) is 17.3 Å². The molecule has 2 N–H and O–H groups in total. The molecule has 0 saturated heterocycles. The standard InChI is InChI=1S/C12H10BNO2S/c15-13(16)14-9-5-1-3-7-11(9)17-12-8-4-2-6-10(12)14/h1-8,15-16H. The third-order valence-electron chi connectivity index (χ3n) is 2.70. The largest absolute Gasteiger partial charge is 0.592 e. The molecule has 0 unspecified atom stereocenters. The van der Waals surface area contributed by atoms with Gasteiger partial charge in [0, 0.05) is 21.2 Å². The molecular weight excluding hydrogens is 233 g/mol. The van der Waals surface area contributed by atoms with Gasteiger partial charge in [-0.2, -0.15) is 0 Å². The zero-order valence-electron chi connectivity index (χ0n) is 8.95. The lowest BCUT2D eigenvalue weighted by molar-refractivity contribution is 0.406. The average Bonchev–Trinajstić information content (AvgIpc) is 2.35. The van der Waals surface area contributed by atoms with Crippen LogP contribution in [-0.2, 0) is 0 Å². The van der Waals surface area contributed by atoms with Crippen molar-refractivity contribution in [1.29, 1.82) is 0 Å². The van der Waals surface area contributed by atoms with Crippen LogP contribution in [0.5, 0.6) is 0 Å². The molecule has 2 aromatic rings. The molecule has 0 atom stereocenters. The fourth-order valence-corrected chi connectivity index (χ4v) is 3.05. The predicted octanol–water partition coefficient (Wildman–Crippen LogP) is 2.26. The molecule has 3 nitrogen and oxygen atoms in total. The van der Waals surface area contributed by atoms with Crippen LogP contribution in [0.3, 0.4) is 0 Å².